The van der Waals surface area contributed by atoms with Crippen LogP contribution in [-0.2, 0) is 27.2 Å². The van der Waals surface area contributed by atoms with Gasteiger partial charge in [0.05, 0.1) is 19.3 Å². The number of hydrogen-bond acceptors (Lipinski definition) is 5. The van der Waals surface area contributed by atoms with E-state index in [2.05, 4.69) is 15.6 Å². The van der Waals surface area contributed by atoms with Crippen molar-refractivity contribution in [3.63, 3.8) is 0 Å². The number of guanidine groups is 1. The third-order valence-corrected chi connectivity index (χ3v) is 4.75. The van der Waals surface area contributed by atoms with Crippen LogP contribution in [0.25, 0.3) is 0 Å². The van der Waals surface area contributed by atoms with E-state index in [0.29, 0.717) is 38.7 Å². The number of ether oxygens (including phenoxy) is 4. The van der Waals surface area contributed by atoms with Crippen LogP contribution >= 0.6 is 24.0 Å². The van der Waals surface area contributed by atoms with Gasteiger partial charge in [0, 0.05) is 38.9 Å². The van der Waals surface area contributed by atoms with E-state index < -0.39 is 0 Å². The van der Waals surface area contributed by atoms with E-state index in [9.17, 15) is 4.39 Å². The van der Waals surface area contributed by atoms with Gasteiger partial charge in [-0.15, -0.1) is 24.0 Å². The van der Waals surface area contributed by atoms with E-state index in [1.165, 1.54) is 12.1 Å². The first-order chi connectivity index (χ1) is 13.8. The Morgan fingerprint density at radius 1 is 1.31 bits per heavy atom. The highest BCUT2D eigenvalue weighted by Crippen LogP contribution is 2.29. The summed E-state index contributed by atoms with van der Waals surface area (Å²) in [5, 5.41) is 6.51. The molecule has 164 valence electrons. The molecule has 29 heavy (non-hydrogen) atoms. The van der Waals surface area contributed by atoms with E-state index in [0.717, 1.165) is 49.3 Å². The molecule has 1 unspecified atom stereocenters. The van der Waals surface area contributed by atoms with Crippen molar-refractivity contribution < 1.29 is 23.3 Å². The monoisotopic (exact) mass is 523 g/mol. The molecule has 2 heterocycles. The highest BCUT2D eigenvalue weighted by molar-refractivity contribution is 14.0. The largest absolute Gasteiger partial charge is 0.467 e. The van der Waals surface area contributed by atoms with Crippen molar-refractivity contribution in [3.8, 4) is 5.75 Å². The smallest absolute Gasteiger partial charge is 0.190 e. The third-order valence-electron chi connectivity index (χ3n) is 4.75. The van der Waals surface area contributed by atoms with Crippen LogP contribution in [0.5, 0.6) is 5.75 Å². The van der Waals surface area contributed by atoms with Gasteiger partial charge in [0.15, 0.2) is 12.8 Å². The minimum Gasteiger partial charge on any atom is -0.467 e. The second kappa shape index (κ2) is 13.2. The predicted octanol–water partition coefficient (Wildman–Crippen LogP) is 2.60. The van der Waals surface area contributed by atoms with Crippen LogP contribution in [0.3, 0.4) is 0 Å². The Morgan fingerprint density at radius 3 is 2.97 bits per heavy atom. The van der Waals surface area contributed by atoms with E-state index in [1.807, 2.05) is 0 Å². The Balaban J connectivity index is 0.00000300. The van der Waals surface area contributed by atoms with Gasteiger partial charge < -0.3 is 29.6 Å². The lowest BCUT2D eigenvalue weighted by molar-refractivity contribution is -0.0172. The molecule has 1 aromatic rings. The molecule has 2 N–H and O–H groups in total. The molecule has 2 aliphatic rings. The van der Waals surface area contributed by atoms with Gasteiger partial charge in [0.2, 0.25) is 0 Å². The van der Waals surface area contributed by atoms with Crippen LogP contribution in [-0.4, -0.2) is 58.8 Å². The molecule has 0 spiro atoms. The molecule has 1 aromatic carbocycles. The molecule has 9 heteroatoms. The fourth-order valence-electron chi connectivity index (χ4n) is 3.35. The maximum Gasteiger partial charge on any atom is 0.190 e. The molecule has 0 saturated carbocycles. The maximum absolute atomic E-state index is 13.8. The SMILES string of the molecule is CN=C(NCCCOCC1CCCO1)NCCc1cc(F)cc2c1OCOC2.I. The first kappa shape index (κ1) is 24.1. The van der Waals surface area contributed by atoms with Crippen molar-refractivity contribution in [1.82, 2.24) is 10.6 Å². The highest BCUT2D eigenvalue weighted by Gasteiger charge is 2.17. The third kappa shape index (κ3) is 7.88. The van der Waals surface area contributed by atoms with Crippen molar-refractivity contribution in [2.75, 3.05) is 46.8 Å². The topological polar surface area (TPSA) is 73.3 Å². The fourth-order valence-corrected chi connectivity index (χ4v) is 3.35. The van der Waals surface area contributed by atoms with Crippen LogP contribution in [0.1, 0.15) is 30.4 Å². The van der Waals surface area contributed by atoms with E-state index in [-0.39, 0.29) is 42.7 Å². The second-order valence-corrected chi connectivity index (χ2v) is 6.90. The lowest BCUT2D eigenvalue weighted by atomic mass is 10.1. The molecule has 1 fully saturated rings. The lowest BCUT2D eigenvalue weighted by Crippen LogP contribution is -2.39. The summed E-state index contributed by atoms with van der Waals surface area (Å²) in [5.41, 5.74) is 1.59. The summed E-state index contributed by atoms with van der Waals surface area (Å²) < 4.78 is 35.7. The molecule has 0 amide bonds. The number of fused-ring (bicyclic) bond motifs is 1. The Hall–Kier alpha value is -1.17. The lowest BCUT2D eigenvalue weighted by Gasteiger charge is -2.21. The van der Waals surface area contributed by atoms with Gasteiger partial charge in [0.1, 0.15) is 11.6 Å². The number of hydrogen-bond donors (Lipinski definition) is 2. The summed E-state index contributed by atoms with van der Waals surface area (Å²) >= 11 is 0. The van der Waals surface area contributed by atoms with Gasteiger partial charge in [0.25, 0.3) is 0 Å². The Bertz CT molecular complexity index is 657. The average molecular weight is 523 g/mol. The summed E-state index contributed by atoms with van der Waals surface area (Å²) in [6, 6.07) is 2.99. The predicted molar refractivity (Wildman–Crippen MR) is 120 cm³/mol. The Morgan fingerprint density at radius 2 is 2.17 bits per heavy atom. The van der Waals surface area contributed by atoms with Crippen molar-refractivity contribution in [3.05, 3.63) is 29.1 Å². The minimum atomic E-state index is -0.270. The fraction of sp³-hybridized carbons (Fsp3) is 0.650. The van der Waals surface area contributed by atoms with Crippen molar-refractivity contribution in [1.29, 1.82) is 0 Å². The van der Waals surface area contributed by atoms with Gasteiger partial charge in [-0.05, 0) is 43.4 Å². The van der Waals surface area contributed by atoms with Crippen LogP contribution in [0.15, 0.2) is 17.1 Å². The maximum atomic E-state index is 13.8. The van der Waals surface area contributed by atoms with Gasteiger partial charge in [-0.3, -0.25) is 4.99 Å². The highest BCUT2D eigenvalue weighted by atomic mass is 127. The molecule has 1 saturated heterocycles. The molecule has 0 bridgehead atoms. The number of benzene rings is 1. The average Bonchev–Trinajstić information content (AvgIpc) is 3.22. The summed E-state index contributed by atoms with van der Waals surface area (Å²) in [6.07, 6.45) is 4.02. The van der Waals surface area contributed by atoms with Crippen molar-refractivity contribution in [2.24, 2.45) is 4.99 Å². The normalized spacial score (nSPS) is 18.6. The zero-order valence-electron chi connectivity index (χ0n) is 16.9. The molecule has 1 atom stereocenters. The molecule has 0 aliphatic carbocycles. The second-order valence-electron chi connectivity index (χ2n) is 6.90. The number of aliphatic imine (C=N–C) groups is 1. The van der Waals surface area contributed by atoms with Crippen LogP contribution in [0.4, 0.5) is 4.39 Å². The van der Waals surface area contributed by atoms with Crippen LogP contribution in [0, 0.1) is 5.82 Å². The molecular weight excluding hydrogens is 492 g/mol. The summed E-state index contributed by atoms with van der Waals surface area (Å²) in [7, 11) is 1.73. The molecule has 2 aliphatic heterocycles. The molecule has 3 rings (SSSR count). The zero-order chi connectivity index (χ0) is 19.6. The van der Waals surface area contributed by atoms with Crippen molar-refractivity contribution >= 4 is 29.9 Å². The Labute approximate surface area is 188 Å². The van der Waals surface area contributed by atoms with Gasteiger partial charge in [-0.1, -0.05) is 0 Å². The minimum absolute atomic E-state index is 0. The zero-order valence-corrected chi connectivity index (χ0v) is 19.2. The number of rotatable bonds is 9. The summed E-state index contributed by atoms with van der Waals surface area (Å²) in [5.74, 6) is 1.18. The summed E-state index contributed by atoms with van der Waals surface area (Å²) in [6.45, 7) is 4.20. The Kier molecular flexibility index (Phi) is 11.0. The molecule has 7 nitrogen and oxygen atoms in total. The molecule has 0 aromatic heterocycles. The quantitative estimate of drug-likeness (QED) is 0.225. The van der Waals surface area contributed by atoms with E-state index in [4.69, 9.17) is 18.9 Å². The van der Waals surface area contributed by atoms with Crippen LogP contribution in [0.2, 0.25) is 0 Å². The molecular formula is C20H31FIN3O4. The first-order valence-electron chi connectivity index (χ1n) is 9.92. The van der Waals surface area contributed by atoms with Gasteiger partial charge in [-0.25, -0.2) is 4.39 Å². The first-order valence-corrected chi connectivity index (χ1v) is 9.92. The van der Waals surface area contributed by atoms with Gasteiger partial charge >= 0.3 is 0 Å². The van der Waals surface area contributed by atoms with Gasteiger partial charge in [-0.2, -0.15) is 0 Å². The van der Waals surface area contributed by atoms with E-state index >= 15 is 0 Å². The molecule has 0 radical (unpaired) electrons. The number of halogens is 2. The number of nitrogens with zero attached hydrogens (tertiary/aromatic N) is 1. The standard InChI is InChI=1S/C20H30FN3O4.HI/c1-22-20(23-6-3-8-25-13-18-4-2-9-27-18)24-7-5-15-10-17(21)11-16-12-26-14-28-19(15)16;/h10-11,18H,2-9,12-14H2,1H3,(H2,22,23,24);1H. The van der Waals surface area contributed by atoms with E-state index in [1.54, 1.807) is 7.05 Å². The van der Waals surface area contributed by atoms with Crippen LogP contribution < -0.4 is 15.4 Å². The van der Waals surface area contributed by atoms with Crippen molar-refractivity contribution in [2.45, 2.75) is 38.4 Å². The number of nitrogens with one attached hydrogen (secondary N) is 2. The summed E-state index contributed by atoms with van der Waals surface area (Å²) in [4.78, 5) is 4.21.